The van der Waals surface area contributed by atoms with E-state index in [9.17, 15) is 9.59 Å². The van der Waals surface area contributed by atoms with Crippen molar-refractivity contribution in [3.8, 4) is 0 Å². The number of alkyl carbamates (subject to hydrolysis) is 1. The number of amides is 1. The molecule has 26 heavy (non-hydrogen) atoms. The predicted molar refractivity (Wildman–Crippen MR) is 92.3 cm³/mol. The topological polar surface area (TPSA) is 85.9 Å². The number of hydrogen-bond acceptors (Lipinski definition) is 6. The molecule has 3 aliphatic heterocycles. The van der Waals surface area contributed by atoms with Crippen molar-refractivity contribution in [1.29, 1.82) is 0 Å². The monoisotopic (exact) mass is 358 g/mol. The van der Waals surface area contributed by atoms with Gasteiger partial charge in [-0.25, -0.2) is 4.79 Å². The van der Waals surface area contributed by atoms with E-state index in [1.54, 1.807) is 6.92 Å². The van der Waals surface area contributed by atoms with Gasteiger partial charge < -0.3 is 19.5 Å². The maximum Gasteiger partial charge on any atom is 0.408 e. The summed E-state index contributed by atoms with van der Waals surface area (Å²) < 4.78 is 16.7. The maximum atomic E-state index is 12.7. The molecule has 3 aliphatic rings. The largest absolute Gasteiger partial charge is 0.465 e. The summed E-state index contributed by atoms with van der Waals surface area (Å²) in [5.74, 6) is -0.412. The van der Waals surface area contributed by atoms with E-state index in [1.807, 2.05) is 42.5 Å². The zero-order valence-electron chi connectivity index (χ0n) is 14.5. The average Bonchev–Trinajstić information content (AvgIpc) is 3.31. The molecule has 3 heterocycles. The summed E-state index contributed by atoms with van der Waals surface area (Å²) in [4.78, 5) is 24.7. The first-order chi connectivity index (χ1) is 12.6. The van der Waals surface area contributed by atoms with Gasteiger partial charge in [0.1, 0.15) is 18.2 Å². The van der Waals surface area contributed by atoms with Crippen LogP contribution in [-0.2, 0) is 25.5 Å². The van der Waals surface area contributed by atoms with Gasteiger partial charge in [0.05, 0.1) is 12.7 Å². The number of esters is 1. The van der Waals surface area contributed by atoms with E-state index in [-0.39, 0.29) is 18.8 Å². The fraction of sp³-hybridized carbons (Fsp3) is 0.474. The Morgan fingerprint density at radius 3 is 2.85 bits per heavy atom. The molecule has 138 valence electrons. The molecule has 2 bridgehead atoms. The second kappa shape index (κ2) is 6.74. The van der Waals surface area contributed by atoms with E-state index in [0.29, 0.717) is 13.0 Å². The lowest BCUT2D eigenvalue weighted by atomic mass is 9.79. The first-order valence-electron chi connectivity index (χ1n) is 8.89. The molecule has 2 N–H and O–H groups in total. The number of ether oxygens (including phenoxy) is 3. The number of carbonyl (C=O) groups is 2. The normalized spacial score (nSPS) is 32.5. The molecule has 1 aromatic carbocycles. The number of hydrogen-bond donors (Lipinski definition) is 2. The van der Waals surface area contributed by atoms with Crippen molar-refractivity contribution in [2.24, 2.45) is 0 Å². The highest BCUT2D eigenvalue weighted by molar-refractivity contribution is 5.80. The zero-order valence-corrected chi connectivity index (χ0v) is 14.5. The van der Waals surface area contributed by atoms with Crippen LogP contribution >= 0.6 is 0 Å². The summed E-state index contributed by atoms with van der Waals surface area (Å²) in [6.07, 6.45) is 3.42. The summed E-state index contributed by atoms with van der Waals surface area (Å²) in [5.41, 5.74) is 0.141. The number of benzene rings is 1. The van der Waals surface area contributed by atoms with Crippen LogP contribution in [0.3, 0.4) is 0 Å². The Hall–Kier alpha value is -2.38. The van der Waals surface area contributed by atoms with Crippen molar-refractivity contribution in [1.82, 2.24) is 10.6 Å². The van der Waals surface area contributed by atoms with Gasteiger partial charge in [-0.3, -0.25) is 10.1 Å². The maximum absolute atomic E-state index is 12.7. The van der Waals surface area contributed by atoms with Crippen LogP contribution in [-0.4, -0.2) is 48.6 Å². The molecule has 4 rings (SSSR count). The summed E-state index contributed by atoms with van der Waals surface area (Å²) in [6.45, 7) is 2.49. The van der Waals surface area contributed by atoms with E-state index >= 15 is 0 Å². The van der Waals surface area contributed by atoms with Gasteiger partial charge in [-0.15, -0.1) is 0 Å². The number of carbonyl (C=O) groups excluding carboxylic acids is 2. The average molecular weight is 358 g/mol. The van der Waals surface area contributed by atoms with Crippen LogP contribution in [0.1, 0.15) is 18.9 Å². The Balaban J connectivity index is 1.59. The summed E-state index contributed by atoms with van der Waals surface area (Å²) in [5, 5.41) is 6.05. The van der Waals surface area contributed by atoms with Gasteiger partial charge >= 0.3 is 12.1 Å². The summed E-state index contributed by atoms with van der Waals surface area (Å²) >= 11 is 0. The van der Waals surface area contributed by atoms with E-state index in [1.165, 1.54) is 0 Å². The highest BCUT2D eigenvalue weighted by atomic mass is 16.6. The molecular weight excluding hydrogens is 336 g/mol. The minimum absolute atomic E-state index is 0.0906. The van der Waals surface area contributed by atoms with Crippen LogP contribution in [0.15, 0.2) is 42.5 Å². The molecular formula is C19H22N2O5. The van der Waals surface area contributed by atoms with Crippen LogP contribution in [0.2, 0.25) is 0 Å². The molecule has 1 aromatic rings. The Morgan fingerprint density at radius 2 is 2.19 bits per heavy atom. The third kappa shape index (κ3) is 2.87. The Labute approximate surface area is 151 Å². The van der Waals surface area contributed by atoms with Crippen LogP contribution in [0, 0.1) is 0 Å². The lowest BCUT2D eigenvalue weighted by molar-refractivity contribution is -0.148. The second-order valence-electron chi connectivity index (χ2n) is 6.75. The quantitative estimate of drug-likeness (QED) is 0.589. The van der Waals surface area contributed by atoms with E-state index < -0.39 is 29.7 Å². The molecule has 2 saturated heterocycles. The van der Waals surface area contributed by atoms with Crippen molar-refractivity contribution in [3.63, 3.8) is 0 Å². The van der Waals surface area contributed by atoms with Gasteiger partial charge in [0, 0.05) is 13.0 Å². The molecule has 1 spiro atoms. The highest BCUT2D eigenvalue weighted by Gasteiger charge is 2.64. The van der Waals surface area contributed by atoms with Gasteiger partial charge in [0.2, 0.25) is 0 Å². The number of nitrogens with one attached hydrogen (secondary N) is 2. The first-order valence-corrected chi connectivity index (χ1v) is 8.89. The predicted octanol–water partition coefficient (Wildman–Crippen LogP) is 1.28. The van der Waals surface area contributed by atoms with Crippen LogP contribution in [0.5, 0.6) is 0 Å². The Kier molecular flexibility index (Phi) is 4.42. The van der Waals surface area contributed by atoms with Gasteiger partial charge in [-0.1, -0.05) is 42.5 Å². The van der Waals surface area contributed by atoms with Crippen molar-refractivity contribution < 1.29 is 23.8 Å². The fourth-order valence-electron chi connectivity index (χ4n) is 4.01. The smallest absolute Gasteiger partial charge is 0.408 e. The Morgan fingerprint density at radius 1 is 1.38 bits per heavy atom. The number of fused-ring (bicyclic) bond motifs is 3. The summed E-state index contributed by atoms with van der Waals surface area (Å²) in [6, 6.07) is 8.44. The van der Waals surface area contributed by atoms with Crippen molar-refractivity contribution in [3.05, 3.63) is 48.0 Å². The lowest BCUT2D eigenvalue weighted by Crippen LogP contribution is -2.62. The van der Waals surface area contributed by atoms with Crippen molar-refractivity contribution in [2.75, 3.05) is 6.61 Å². The standard InChI is InChI=1S/C19H22N2O5/c1-2-24-17(22)15(20-11-12-6-4-3-5-7-12)16-19(26-18(23)21-16)10-13-8-9-14(19)25-13/h3-9,13-16,20H,2,10-11H2,1H3,(H,21,23)/t13?,14?,15-,16+,19?/m1/s1. The minimum atomic E-state index is -0.891. The van der Waals surface area contributed by atoms with Gasteiger partial charge in [0.15, 0.2) is 5.60 Å². The van der Waals surface area contributed by atoms with E-state index in [4.69, 9.17) is 14.2 Å². The molecule has 0 aliphatic carbocycles. The van der Waals surface area contributed by atoms with Crippen molar-refractivity contribution in [2.45, 2.75) is 49.8 Å². The molecule has 1 amide bonds. The van der Waals surface area contributed by atoms with Gasteiger partial charge in [-0.2, -0.15) is 0 Å². The second-order valence-corrected chi connectivity index (χ2v) is 6.75. The van der Waals surface area contributed by atoms with E-state index in [0.717, 1.165) is 5.56 Å². The molecule has 3 unspecified atom stereocenters. The molecule has 0 saturated carbocycles. The third-order valence-corrected chi connectivity index (χ3v) is 5.15. The fourth-order valence-corrected chi connectivity index (χ4v) is 4.01. The molecule has 0 radical (unpaired) electrons. The molecule has 7 nitrogen and oxygen atoms in total. The van der Waals surface area contributed by atoms with Crippen LogP contribution in [0.4, 0.5) is 4.79 Å². The zero-order chi connectivity index (χ0) is 18.1. The van der Waals surface area contributed by atoms with Gasteiger partial charge in [0.25, 0.3) is 0 Å². The Bertz CT molecular complexity index is 722. The van der Waals surface area contributed by atoms with Gasteiger partial charge in [-0.05, 0) is 12.5 Å². The molecule has 2 fully saturated rings. The first kappa shape index (κ1) is 17.1. The van der Waals surface area contributed by atoms with E-state index in [2.05, 4.69) is 10.6 Å². The van der Waals surface area contributed by atoms with Crippen LogP contribution in [0.25, 0.3) is 0 Å². The third-order valence-electron chi connectivity index (χ3n) is 5.15. The van der Waals surface area contributed by atoms with Crippen LogP contribution < -0.4 is 10.6 Å². The molecule has 7 heteroatoms. The number of rotatable bonds is 6. The summed E-state index contributed by atoms with van der Waals surface area (Å²) in [7, 11) is 0. The van der Waals surface area contributed by atoms with Crippen molar-refractivity contribution >= 4 is 12.1 Å². The highest BCUT2D eigenvalue weighted by Crippen LogP contribution is 2.45. The molecule has 0 aromatic heterocycles. The minimum Gasteiger partial charge on any atom is -0.465 e. The molecule has 5 atom stereocenters. The lowest BCUT2D eigenvalue weighted by Gasteiger charge is -2.35. The SMILES string of the molecule is CCOC(=O)[C@H](NCc1ccccc1)[C@@H]1NC(=O)OC12CC1C=CC2O1.